The highest BCUT2D eigenvalue weighted by atomic mass is 16.7. The predicted molar refractivity (Wildman–Crippen MR) is 116 cm³/mol. The SMILES string of the molecule is CO[C@H]1O[C@@H]2COC(c3ccccc3)O[C@H]2[C@H](O)[C@H]1Nc1ccc2cc(C)c(=O)oc2c1. The van der Waals surface area contributed by atoms with Crippen LogP contribution < -0.4 is 10.9 Å². The molecular weight excluding hydrogens is 414 g/mol. The Morgan fingerprint density at radius 3 is 2.69 bits per heavy atom. The molecule has 1 unspecified atom stereocenters. The van der Waals surface area contributed by atoms with Crippen LogP contribution >= 0.6 is 0 Å². The van der Waals surface area contributed by atoms with Gasteiger partial charge in [0.05, 0.1) is 6.61 Å². The maximum atomic E-state index is 11.9. The molecule has 0 amide bonds. The summed E-state index contributed by atoms with van der Waals surface area (Å²) >= 11 is 0. The molecule has 6 atom stereocenters. The van der Waals surface area contributed by atoms with Gasteiger partial charge >= 0.3 is 5.63 Å². The minimum atomic E-state index is -0.936. The van der Waals surface area contributed by atoms with Crippen molar-refractivity contribution in [2.24, 2.45) is 0 Å². The van der Waals surface area contributed by atoms with Crippen LogP contribution in [-0.2, 0) is 18.9 Å². The van der Waals surface area contributed by atoms with E-state index >= 15 is 0 Å². The van der Waals surface area contributed by atoms with Crippen molar-refractivity contribution >= 4 is 16.7 Å². The summed E-state index contributed by atoms with van der Waals surface area (Å²) in [5.74, 6) is 0. The molecule has 32 heavy (non-hydrogen) atoms. The van der Waals surface area contributed by atoms with E-state index in [0.29, 0.717) is 16.8 Å². The van der Waals surface area contributed by atoms with Gasteiger partial charge in [0.25, 0.3) is 0 Å². The van der Waals surface area contributed by atoms with E-state index in [0.717, 1.165) is 10.9 Å². The lowest BCUT2D eigenvalue weighted by atomic mass is 9.95. The van der Waals surface area contributed by atoms with Crippen molar-refractivity contribution in [1.82, 2.24) is 0 Å². The minimum Gasteiger partial charge on any atom is -0.422 e. The van der Waals surface area contributed by atoms with Crippen LogP contribution in [-0.4, -0.2) is 49.5 Å². The highest BCUT2D eigenvalue weighted by Crippen LogP contribution is 2.35. The van der Waals surface area contributed by atoms with E-state index in [1.54, 1.807) is 19.1 Å². The van der Waals surface area contributed by atoms with Crippen LogP contribution in [0.4, 0.5) is 5.69 Å². The summed E-state index contributed by atoms with van der Waals surface area (Å²) in [6.45, 7) is 1.98. The van der Waals surface area contributed by atoms with E-state index in [1.165, 1.54) is 7.11 Å². The van der Waals surface area contributed by atoms with Crippen molar-refractivity contribution in [2.75, 3.05) is 19.0 Å². The zero-order valence-electron chi connectivity index (χ0n) is 17.8. The molecule has 2 fully saturated rings. The molecule has 8 heteroatoms. The third-order valence-corrected chi connectivity index (χ3v) is 5.91. The van der Waals surface area contributed by atoms with Gasteiger partial charge in [-0.15, -0.1) is 0 Å². The molecule has 0 spiro atoms. The first-order chi connectivity index (χ1) is 15.5. The van der Waals surface area contributed by atoms with Crippen LogP contribution in [0.2, 0.25) is 0 Å². The van der Waals surface area contributed by atoms with Gasteiger partial charge < -0.3 is 33.8 Å². The zero-order valence-corrected chi connectivity index (χ0v) is 17.8. The predicted octanol–water partition coefficient (Wildman–Crippen LogP) is 2.73. The number of aliphatic hydroxyl groups is 1. The number of rotatable bonds is 4. The topological polar surface area (TPSA) is 99.4 Å². The number of hydrogen-bond donors (Lipinski definition) is 2. The van der Waals surface area contributed by atoms with Gasteiger partial charge in [-0.25, -0.2) is 4.79 Å². The molecule has 1 aromatic heterocycles. The Balaban J connectivity index is 1.39. The zero-order chi connectivity index (χ0) is 22.2. The number of nitrogens with one attached hydrogen (secondary N) is 1. The van der Waals surface area contributed by atoms with Crippen LogP contribution in [0.15, 0.2) is 63.8 Å². The molecule has 2 aromatic carbocycles. The molecule has 0 bridgehead atoms. The van der Waals surface area contributed by atoms with Crippen molar-refractivity contribution in [3.63, 3.8) is 0 Å². The Morgan fingerprint density at radius 2 is 1.91 bits per heavy atom. The maximum Gasteiger partial charge on any atom is 0.339 e. The second-order valence-electron chi connectivity index (χ2n) is 8.09. The highest BCUT2D eigenvalue weighted by Gasteiger charge is 2.49. The Morgan fingerprint density at radius 1 is 1.09 bits per heavy atom. The molecule has 2 aliphatic heterocycles. The van der Waals surface area contributed by atoms with Crippen LogP contribution in [0.25, 0.3) is 11.0 Å². The molecule has 3 heterocycles. The fourth-order valence-corrected chi connectivity index (χ4v) is 4.22. The number of fused-ring (bicyclic) bond motifs is 2. The smallest absolute Gasteiger partial charge is 0.339 e. The normalized spacial score (nSPS) is 30.1. The summed E-state index contributed by atoms with van der Waals surface area (Å²) in [7, 11) is 1.52. The van der Waals surface area contributed by atoms with Crippen LogP contribution in [0.1, 0.15) is 17.4 Å². The quantitative estimate of drug-likeness (QED) is 0.599. The van der Waals surface area contributed by atoms with Crippen molar-refractivity contribution in [1.29, 1.82) is 0 Å². The molecular formula is C24H25NO7. The Kier molecular flexibility index (Phi) is 5.71. The average molecular weight is 439 g/mol. The van der Waals surface area contributed by atoms with E-state index in [-0.39, 0.29) is 12.2 Å². The van der Waals surface area contributed by atoms with E-state index < -0.39 is 36.9 Å². The fraction of sp³-hybridized carbons (Fsp3) is 0.375. The summed E-state index contributed by atoms with van der Waals surface area (Å²) in [4.78, 5) is 11.9. The van der Waals surface area contributed by atoms with Gasteiger partial charge in [0.2, 0.25) is 0 Å². The van der Waals surface area contributed by atoms with E-state index in [1.807, 2.05) is 42.5 Å². The number of aryl methyl sites for hydroxylation is 1. The molecule has 0 radical (unpaired) electrons. The Bertz CT molecular complexity index is 1150. The van der Waals surface area contributed by atoms with Gasteiger partial charge in [0.1, 0.15) is 29.9 Å². The molecule has 0 saturated carbocycles. The van der Waals surface area contributed by atoms with Gasteiger partial charge in [0.15, 0.2) is 12.6 Å². The number of anilines is 1. The van der Waals surface area contributed by atoms with Crippen LogP contribution in [0, 0.1) is 6.92 Å². The third-order valence-electron chi connectivity index (χ3n) is 5.91. The fourth-order valence-electron chi connectivity index (χ4n) is 4.22. The van der Waals surface area contributed by atoms with Gasteiger partial charge in [-0.1, -0.05) is 30.3 Å². The first kappa shape index (κ1) is 21.1. The lowest BCUT2D eigenvalue weighted by Crippen LogP contribution is -2.64. The number of benzene rings is 2. The number of hydrogen-bond acceptors (Lipinski definition) is 8. The molecule has 2 N–H and O–H groups in total. The summed E-state index contributed by atoms with van der Waals surface area (Å²) in [5, 5.41) is 15.3. The number of ether oxygens (including phenoxy) is 4. The first-order valence-electron chi connectivity index (χ1n) is 10.5. The summed E-state index contributed by atoms with van der Waals surface area (Å²) < 4.78 is 28.8. The van der Waals surface area contributed by atoms with Crippen molar-refractivity contribution in [2.45, 2.75) is 43.9 Å². The van der Waals surface area contributed by atoms with Gasteiger partial charge in [-0.05, 0) is 25.1 Å². The van der Waals surface area contributed by atoms with E-state index in [4.69, 9.17) is 23.4 Å². The van der Waals surface area contributed by atoms with Crippen LogP contribution in [0.5, 0.6) is 0 Å². The van der Waals surface area contributed by atoms with Crippen LogP contribution in [0.3, 0.4) is 0 Å². The summed E-state index contributed by atoms with van der Waals surface area (Å²) in [6.07, 6.45) is -3.33. The monoisotopic (exact) mass is 439 g/mol. The highest BCUT2D eigenvalue weighted by molar-refractivity contribution is 5.80. The molecule has 2 aliphatic rings. The van der Waals surface area contributed by atoms with Crippen molar-refractivity contribution in [3.8, 4) is 0 Å². The minimum absolute atomic E-state index is 0.272. The Hall–Kier alpha value is -2.75. The Labute approximate surface area is 184 Å². The van der Waals surface area contributed by atoms with Crippen molar-refractivity contribution < 1.29 is 28.5 Å². The lowest BCUT2D eigenvalue weighted by molar-refractivity contribution is -0.337. The largest absolute Gasteiger partial charge is 0.422 e. The first-order valence-corrected chi connectivity index (χ1v) is 10.5. The second kappa shape index (κ2) is 8.65. The van der Waals surface area contributed by atoms with Gasteiger partial charge in [-0.2, -0.15) is 0 Å². The molecule has 0 aliphatic carbocycles. The molecule has 2 saturated heterocycles. The second-order valence-corrected chi connectivity index (χ2v) is 8.09. The van der Waals surface area contributed by atoms with Crippen molar-refractivity contribution in [3.05, 3.63) is 76.1 Å². The maximum absolute atomic E-state index is 11.9. The molecule has 8 nitrogen and oxygen atoms in total. The number of aliphatic hydroxyl groups excluding tert-OH is 1. The summed E-state index contributed by atoms with van der Waals surface area (Å²) in [6, 6.07) is 16.2. The lowest BCUT2D eigenvalue weighted by Gasteiger charge is -2.47. The molecule has 5 rings (SSSR count). The van der Waals surface area contributed by atoms with E-state index in [9.17, 15) is 9.90 Å². The molecule has 168 valence electrons. The van der Waals surface area contributed by atoms with E-state index in [2.05, 4.69) is 5.32 Å². The number of methoxy groups -OCH3 is 1. The molecule has 3 aromatic rings. The standard InChI is InChI=1S/C24H25NO7/c1-13-10-15-8-9-16(11-17(15)30-22(13)27)25-19-20(26)21-18(31-24(19)28-2)12-29-23(32-21)14-6-4-3-5-7-14/h3-11,18-21,23-26H,12H2,1-2H3/t18-,19-,20-,21-,23?,24+/m1/s1. The average Bonchev–Trinajstić information content (AvgIpc) is 2.82. The van der Waals surface area contributed by atoms with Gasteiger partial charge in [-0.3, -0.25) is 0 Å². The summed E-state index contributed by atoms with van der Waals surface area (Å²) in [5.41, 5.74) is 2.15. The van der Waals surface area contributed by atoms with Gasteiger partial charge in [0, 0.05) is 35.4 Å². The third kappa shape index (κ3) is 3.92.